The molecule has 0 aliphatic carbocycles. The van der Waals surface area contributed by atoms with Gasteiger partial charge in [-0.1, -0.05) is 0 Å². The lowest BCUT2D eigenvalue weighted by molar-refractivity contribution is 0.0261. The lowest BCUT2D eigenvalue weighted by Crippen LogP contribution is -2.26. The van der Waals surface area contributed by atoms with Gasteiger partial charge in [-0.2, -0.15) is 10.2 Å². The maximum absolute atomic E-state index is 6.41. The maximum Gasteiger partial charge on any atom is 0.159 e. The molecule has 1 aliphatic rings. The highest BCUT2D eigenvalue weighted by Gasteiger charge is 2.19. The van der Waals surface area contributed by atoms with E-state index in [4.69, 9.17) is 9.47 Å². The SMILES string of the molecule is Cc1cnc(-c2cc(OC3CCOCC3)c3ncnc(NCc4ccc(C)nn4)c3c2)nc1. The molecule has 4 aromatic rings. The Balaban J connectivity index is 1.54. The predicted molar refractivity (Wildman–Crippen MR) is 124 cm³/mol. The van der Waals surface area contributed by atoms with Gasteiger partial charge in [-0.3, -0.25) is 0 Å². The fourth-order valence-corrected chi connectivity index (χ4v) is 3.71. The van der Waals surface area contributed by atoms with Crippen molar-refractivity contribution in [2.75, 3.05) is 18.5 Å². The second-order valence-corrected chi connectivity index (χ2v) is 8.13. The van der Waals surface area contributed by atoms with E-state index in [0.717, 1.165) is 46.3 Å². The van der Waals surface area contributed by atoms with Crippen molar-refractivity contribution in [1.29, 1.82) is 0 Å². The van der Waals surface area contributed by atoms with E-state index in [9.17, 15) is 0 Å². The molecule has 168 valence electrons. The third-order valence-electron chi connectivity index (χ3n) is 5.49. The van der Waals surface area contributed by atoms with Crippen molar-refractivity contribution in [3.8, 4) is 17.1 Å². The Hall–Kier alpha value is -3.72. The number of rotatable bonds is 6. The Bertz CT molecular complexity index is 1240. The van der Waals surface area contributed by atoms with Crippen LogP contribution in [0, 0.1) is 13.8 Å². The van der Waals surface area contributed by atoms with Gasteiger partial charge in [0.2, 0.25) is 0 Å². The number of aryl methyl sites for hydroxylation is 2. The molecule has 1 saturated heterocycles. The van der Waals surface area contributed by atoms with Gasteiger partial charge in [0.25, 0.3) is 0 Å². The van der Waals surface area contributed by atoms with Crippen molar-refractivity contribution in [1.82, 2.24) is 30.1 Å². The summed E-state index contributed by atoms with van der Waals surface area (Å²) < 4.78 is 11.9. The lowest BCUT2D eigenvalue weighted by Gasteiger charge is -2.24. The zero-order chi connectivity index (χ0) is 22.6. The average Bonchev–Trinajstić information content (AvgIpc) is 2.85. The van der Waals surface area contributed by atoms with Crippen molar-refractivity contribution in [3.63, 3.8) is 0 Å². The van der Waals surface area contributed by atoms with E-state index in [1.165, 1.54) is 0 Å². The smallest absolute Gasteiger partial charge is 0.159 e. The summed E-state index contributed by atoms with van der Waals surface area (Å²) in [5, 5.41) is 12.6. The second kappa shape index (κ2) is 9.41. The van der Waals surface area contributed by atoms with E-state index in [1.54, 1.807) is 6.33 Å². The third-order valence-corrected chi connectivity index (χ3v) is 5.49. The van der Waals surface area contributed by atoms with Crippen LogP contribution in [-0.4, -0.2) is 49.5 Å². The Kier molecular flexibility index (Phi) is 6.03. The maximum atomic E-state index is 6.41. The Morgan fingerprint density at radius 1 is 1.00 bits per heavy atom. The van der Waals surface area contributed by atoms with Gasteiger partial charge in [-0.15, -0.1) is 0 Å². The molecule has 1 N–H and O–H groups in total. The standard InChI is InChI=1S/C24H25N7O2/c1-15-11-25-23(26-12-15)17-9-20-22(21(10-17)33-19-5-7-32-8-6-19)28-14-29-24(20)27-13-18-4-3-16(2)30-31-18/h3-4,9-12,14,19H,5-8,13H2,1-2H3,(H,27,28,29). The molecule has 9 heteroatoms. The van der Waals surface area contributed by atoms with Crippen LogP contribution < -0.4 is 10.1 Å². The van der Waals surface area contributed by atoms with Crippen molar-refractivity contribution < 1.29 is 9.47 Å². The molecule has 0 saturated carbocycles. The van der Waals surface area contributed by atoms with Crippen LogP contribution in [0.25, 0.3) is 22.3 Å². The van der Waals surface area contributed by atoms with Crippen LogP contribution in [0.5, 0.6) is 5.75 Å². The first-order valence-electron chi connectivity index (χ1n) is 11.0. The quantitative estimate of drug-likeness (QED) is 0.477. The van der Waals surface area contributed by atoms with Gasteiger partial charge < -0.3 is 14.8 Å². The number of ether oxygens (including phenoxy) is 2. The van der Waals surface area contributed by atoms with Gasteiger partial charge in [0.05, 0.1) is 31.1 Å². The van der Waals surface area contributed by atoms with Gasteiger partial charge in [-0.05, 0) is 43.7 Å². The van der Waals surface area contributed by atoms with Crippen LogP contribution in [0.3, 0.4) is 0 Å². The van der Waals surface area contributed by atoms with E-state index in [0.29, 0.717) is 37.2 Å². The summed E-state index contributed by atoms with van der Waals surface area (Å²) in [5.74, 6) is 2.01. The molecule has 0 radical (unpaired) electrons. The summed E-state index contributed by atoms with van der Waals surface area (Å²) in [6.07, 6.45) is 6.92. The zero-order valence-corrected chi connectivity index (χ0v) is 18.7. The Labute approximate surface area is 191 Å². The van der Waals surface area contributed by atoms with Gasteiger partial charge in [0, 0.05) is 36.2 Å². The summed E-state index contributed by atoms with van der Waals surface area (Å²) >= 11 is 0. The first kappa shape index (κ1) is 21.1. The average molecular weight is 444 g/mol. The number of anilines is 1. The molecule has 0 spiro atoms. The molecule has 1 aliphatic heterocycles. The first-order chi connectivity index (χ1) is 16.2. The molecule has 9 nitrogen and oxygen atoms in total. The molecule has 0 atom stereocenters. The molecule has 1 fully saturated rings. The lowest BCUT2D eigenvalue weighted by atomic mass is 10.1. The number of fused-ring (bicyclic) bond motifs is 1. The zero-order valence-electron chi connectivity index (χ0n) is 18.7. The summed E-state index contributed by atoms with van der Waals surface area (Å²) in [7, 11) is 0. The second-order valence-electron chi connectivity index (χ2n) is 8.13. The van der Waals surface area contributed by atoms with Gasteiger partial charge in [-0.25, -0.2) is 19.9 Å². The van der Waals surface area contributed by atoms with Gasteiger partial charge in [0.15, 0.2) is 5.82 Å². The van der Waals surface area contributed by atoms with E-state index in [-0.39, 0.29) is 6.10 Å². The van der Waals surface area contributed by atoms with Gasteiger partial charge >= 0.3 is 0 Å². The number of aromatic nitrogens is 6. The number of nitrogens with zero attached hydrogens (tertiary/aromatic N) is 6. The van der Waals surface area contributed by atoms with Crippen molar-refractivity contribution in [2.45, 2.75) is 39.3 Å². The minimum absolute atomic E-state index is 0.0744. The molecular weight excluding hydrogens is 418 g/mol. The molecule has 0 unspecified atom stereocenters. The predicted octanol–water partition coefficient (Wildman–Crippen LogP) is 3.66. The Morgan fingerprint density at radius 2 is 1.82 bits per heavy atom. The fourth-order valence-electron chi connectivity index (χ4n) is 3.71. The summed E-state index contributed by atoms with van der Waals surface area (Å²) in [6.45, 7) is 5.76. The number of nitrogens with one attached hydrogen (secondary N) is 1. The molecule has 1 aromatic carbocycles. The highest BCUT2D eigenvalue weighted by molar-refractivity contribution is 5.96. The highest BCUT2D eigenvalue weighted by atomic mass is 16.5. The topological polar surface area (TPSA) is 108 Å². The number of hydrogen-bond donors (Lipinski definition) is 1. The molecule has 4 heterocycles. The van der Waals surface area contributed by atoms with Crippen LogP contribution in [0.2, 0.25) is 0 Å². The largest absolute Gasteiger partial charge is 0.488 e. The van der Waals surface area contributed by atoms with Crippen LogP contribution in [0.1, 0.15) is 29.8 Å². The molecular formula is C24H25N7O2. The fraction of sp³-hybridized carbons (Fsp3) is 0.333. The number of hydrogen-bond acceptors (Lipinski definition) is 9. The Morgan fingerprint density at radius 3 is 2.58 bits per heavy atom. The van der Waals surface area contributed by atoms with Crippen LogP contribution in [0.4, 0.5) is 5.82 Å². The van der Waals surface area contributed by atoms with E-state index >= 15 is 0 Å². The van der Waals surface area contributed by atoms with Crippen LogP contribution in [0.15, 0.2) is 43.0 Å². The molecule has 0 bridgehead atoms. The van der Waals surface area contributed by atoms with Crippen molar-refractivity contribution in [3.05, 3.63) is 59.9 Å². The normalized spacial score (nSPS) is 14.4. The van der Waals surface area contributed by atoms with E-state index in [1.807, 2.05) is 50.5 Å². The summed E-state index contributed by atoms with van der Waals surface area (Å²) in [6, 6.07) is 7.85. The van der Waals surface area contributed by atoms with Crippen molar-refractivity contribution >= 4 is 16.7 Å². The highest BCUT2D eigenvalue weighted by Crippen LogP contribution is 2.34. The first-order valence-corrected chi connectivity index (χ1v) is 11.0. The summed E-state index contributed by atoms with van der Waals surface area (Å²) in [5.41, 5.74) is 4.29. The number of benzene rings is 1. The van der Waals surface area contributed by atoms with Crippen LogP contribution in [-0.2, 0) is 11.3 Å². The monoisotopic (exact) mass is 443 g/mol. The molecule has 0 amide bonds. The minimum atomic E-state index is 0.0744. The minimum Gasteiger partial charge on any atom is -0.488 e. The molecule has 33 heavy (non-hydrogen) atoms. The van der Waals surface area contributed by atoms with E-state index in [2.05, 4.69) is 35.5 Å². The van der Waals surface area contributed by atoms with E-state index < -0.39 is 0 Å². The van der Waals surface area contributed by atoms with Crippen LogP contribution >= 0.6 is 0 Å². The molecule has 5 rings (SSSR count). The third kappa shape index (κ3) is 4.88. The van der Waals surface area contributed by atoms with Crippen molar-refractivity contribution in [2.24, 2.45) is 0 Å². The summed E-state index contributed by atoms with van der Waals surface area (Å²) in [4.78, 5) is 18.1. The molecule has 3 aromatic heterocycles. The van der Waals surface area contributed by atoms with Gasteiger partial charge in [0.1, 0.15) is 29.5 Å².